The van der Waals surface area contributed by atoms with E-state index in [1.165, 1.54) is 12.1 Å². The Kier molecular flexibility index (Phi) is 6.98. The van der Waals surface area contributed by atoms with Gasteiger partial charge in [0.25, 0.3) is 0 Å². The van der Waals surface area contributed by atoms with E-state index in [9.17, 15) is 19.1 Å². The molecule has 1 amide bonds. The van der Waals surface area contributed by atoms with Crippen molar-refractivity contribution in [1.82, 2.24) is 5.32 Å². The Labute approximate surface area is 147 Å². The number of hydrogen-bond acceptors (Lipinski definition) is 4. The zero-order valence-corrected chi connectivity index (χ0v) is 15.3. The Morgan fingerprint density at radius 2 is 2.04 bits per heavy atom. The highest BCUT2D eigenvalue weighted by Gasteiger charge is 2.26. The zero-order valence-electron chi connectivity index (χ0n) is 13.0. The van der Waals surface area contributed by atoms with Crippen molar-refractivity contribution in [1.29, 1.82) is 0 Å². The molecule has 1 atom stereocenters. The molecule has 0 aromatic heterocycles. The van der Waals surface area contributed by atoms with Crippen molar-refractivity contribution in [3.05, 3.63) is 33.0 Å². The van der Waals surface area contributed by atoms with Crippen LogP contribution in [-0.2, 0) is 20.7 Å². The third-order valence-corrected chi connectivity index (χ3v) is 3.72. The lowest BCUT2D eigenvalue weighted by Crippen LogP contribution is -2.47. The fourth-order valence-corrected chi connectivity index (χ4v) is 2.31. The first kappa shape index (κ1) is 19.9. The lowest BCUT2D eigenvalue weighted by molar-refractivity contribution is -0.159. The van der Waals surface area contributed by atoms with Crippen LogP contribution in [-0.4, -0.2) is 35.2 Å². The van der Waals surface area contributed by atoms with E-state index in [2.05, 4.69) is 21.2 Å². The molecule has 0 spiro atoms. The predicted octanol–water partition coefficient (Wildman–Crippen LogP) is 2.60. The number of aliphatic hydroxyl groups is 1. The minimum Gasteiger partial charge on any atom is -0.458 e. The molecule has 5 nitrogen and oxygen atoms in total. The van der Waals surface area contributed by atoms with Crippen LogP contribution in [0.5, 0.6) is 0 Å². The van der Waals surface area contributed by atoms with Crippen molar-refractivity contribution >= 4 is 39.4 Å². The number of carbonyl (C=O) groups is 2. The van der Waals surface area contributed by atoms with E-state index in [-0.39, 0.29) is 17.0 Å². The van der Waals surface area contributed by atoms with E-state index in [1.54, 1.807) is 20.8 Å². The minimum atomic E-state index is -1.22. The second-order valence-corrected chi connectivity index (χ2v) is 7.10. The number of nitrogens with one attached hydrogen (secondary N) is 1. The molecule has 0 unspecified atom stereocenters. The molecule has 0 aliphatic carbocycles. The summed E-state index contributed by atoms with van der Waals surface area (Å²) >= 11 is 8.83. The van der Waals surface area contributed by atoms with Gasteiger partial charge in [-0.2, -0.15) is 0 Å². The molecule has 8 heteroatoms. The third kappa shape index (κ3) is 6.08. The number of aliphatic hydroxyl groups excluding tert-OH is 1. The number of esters is 1. The van der Waals surface area contributed by atoms with Crippen LogP contribution in [0.3, 0.4) is 0 Å². The zero-order chi connectivity index (χ0) is 17.8. The van der Waals surface area contributed by atoms with Crippen LogP contribution in [0.1, 0.15) is 26.3 Å². The molecular formula is C15H18BrClFNO4. The largest absolute Gasteiger partial charge is 0.458 e. The number of halogens is 3. The van der Waals surface area contributed by atoms with Gasteiger partial charge in [0.2, 0.25) is 5.91 Å². The summed E-state index contributed by atoms with van der Waals surface area (Å²) in [6, 6.07) is 1.66. The fourth-order valence-electron chi connectivity index (χ4n) is 1.69. The molecule has 0 saturated heterocycles. The van der Waals surface area contributed by atoms with Gasteiger partial charge in [-0.05, 0) is 32.9 Å². The summed E-state index contributed by atoms with van der Waals surface area (Å²) in [5, 5.41) is 11.4. The van der Waals surface area contributed by atoms with Crippen LogP contribution in [0, 0.1) is 5.82 Å². The second-order valence-electron chi connectivity index (χ2n) is 5.83. The molecule has 0 fully saturated rings. The summed E-state index contributed by atoms with van der Waals surface area (Å²) in [6.45, 7) is 4.37. The summed E-state index contributed by atoms with van der Waals surface area (Å²) in [6.07, 6.45) is -0.341. The summed E-state index contributed by atoms with van der Waals surface area (Å²) in [5.74, 6) is -2.12. The molecule has 0 aliphatic heterocycles. The van der Waals surface area contributed by atoms with Gasteiger partial charge in [-0.3, -0.25) is 4.79 Å². The Morgan fingerprint density at radius 3 is 2.57 bits per heavy atom. The summed E-state index contributed by atoms with van der Waals surface area (Å²) < 4.78 is 19.4. The van der Waals surface area contributed by atoms with Crippen molar-refractivity contribution in [2.24, 2.45) is 0 Å². The average Bonchev–Trinajstić information content (AvgIpc) is 2.43. The monoisotopic (exact) mass is 409 g/mol. The van der Waals surface area contributed by atoms with Crippen molar-refractivity contribution in [2.45, 2.75) is 38.8 Å². The highest BCUT2D eigenvalue weighted by atomic mass is 79.9. The number of carbonyl (C=O) groups excluding carboxylic acids is 2. The van der Waals surface area contributed by atoms with Gasteiger partial charge in [0.15, 0.2) is 6.04 Å². The van der Waals surface area contributed by atoms with Gasteiger partial charge in [-0.1, -0.05) is 27.5 Å². The Morgan fingerprint density at radius 1 is 1.43 bits per heavy atom. The van der Waals surface area contributed by atoms with Gasteiger partial charge in [-0.25, -0.2) is 9.18 Å². The molecule has 0 bridgehead atoms. The highest BCUT2D eigenvalue weighted by Crippen LogP contribution is 2.26. The normalized spacial score (nSPS) is 12.7. The van der Waals surface area contributed by atoms with Crippen molar-refractivity contribution < 1.29 is 23.8 Å². The summed E-state index contributed by atoms with van der Waals surface area (Å²) in [4.78, 5) is 23.9. The number of amides is 1. The molecule has 23 heavy (non-hydrogen) atoms. The number of benzene rings is 1. The second kappa shape index (κ2) is 8.08. The number of ether oxygens (including phenoxy) is 1. The first-order valence-electron chi connectivity index (χ1n) is 6.80. The van der Waals surface area contributed by atoms with E-state index in [1.807, 2.05) is 0 Å². The lowest BCUT2D eigenvalue weighted by Gasteiger charge is -2.23. The topological polar surface area (TPSA) is 75.6 Å². The molecular weight excluding hydrogens is 393 g/mol. The average molecular weight is 411 g/mol. The molecule has 0 heterocycles. The van der Waals surface area contributed by atoms with Crippen LogP contribution in [0.2, 0.25) is 5.02 Å². The van der Waals surface area contributed by atoms with Gasteiger partial charge in [0, 0.05) is 10.0 Å². The van der Waals surface area contributed by atoms with Gasteiger partial charge < -0.3 is 15.2 Å². The molecule has 1 rings (SSSR count). The van der Waals surface area contributed by atoms with E-state index in [0.717, 1.165) is 0 Å². The highest BCUT2D eigenvalue weighted by molar-refractivity contribution is 9.10. The Hall–Kier alpha value is -1.18. The smallest absolute Gasteiger partial charge is 0.331 e. The quantitative estimate of drug-likeness (QED) is 0.578. The lowest BCUT2D eigenvalue weighted by atomic mass is 10.1. The van der Waals surface area contributed by atoms with Crippen molar-refractivity contribution in [3.63, 3.8) is 0 Å². The number of hydrogen-bond donors (Lipinski definition) is 2. The van der Waals surface area contributed by atoms with E-state index in [0.29, 0.717) is 4.47 Å². The van der Waals surface area contributed by atoms with E-state index >= 15 is 0 Å². The maximum atomic E-state index is 13.9. The molecule has 2 N–H and O–H groups in total. The van der Waals surface area contributed by atoms with Crippen LogP contribution in [0.4, 0.5) is 4.39 Å². The SMILES string of the molecule is CC(C)(C)OC(=O)[C@H](CO)NC(=O)Cc1c(Br)ccc(Cl)c1F. The first-order chi connectivity index (χ1) is 10.5. The van der Waals surface area contributed by atoms with Crippen molar-refractivity contribution in [3.8, 4) is 0 Å². The molecule has 0 aliphatic rings. The fraction of sp³-hybridized carbons (Fsp3) is 0.467. The Bertz CT molecular complexity index is 604. The maximum Gasteiger partial charge on any atom is 0.331 e. The van der Waals surface area contributed by atoms with Crippen LogP contribution in [0.25, 0.3) is 0 Å². The summed E-state index contributed by atoms with van der Waals surface area (Å²) in [7, 11) is 0. The molecule has 0 radical (unpaired) electrons. The molecule has 0 saturated carbocycles. The van der Waals surface area contributed by atoms with Gasteiger partial charge in [0.05, 0.1) is 18.1 Å². The standard InChI is InChI=1S/C15H18BrClFNO4/c1-15(2,3)23-14(22)11(7-20)19-12(21)6-8-9(16)4-5-10(17)13(8)18/h4-5,11,20H,6-7H2,1-3H3,(H,19,21)/t11-/m0/s1. The third-order valence-electron chi connectivity index (χ3n) is 2.69. The van der Waals surface area contributed by atoms with Crippen LogP contribution >= 0.6 is 27.5 Å². The van der Waals surface area contributed by atoms with Gasteiger partial charge >= 0.3 is 5.97 Å². The molecule has 128 valence electrons. The predicted molar refractivity (Wildman–Crippen MR) is 87.7 cm³/mol. The van der Waals surface area contributed by atoms with Gasteiger partial charge in [0.1, 0.15) is 11.4 Å². The van der Waals surface area contributed by atoms with E-state index < -0.39 is 35.9 Å². The minimum absolute atomic E-state index is 0.0656. The first-order valence-corrected chi connectivity index (χ1v) is 7.97. The van der Waals surface area contributed by atoms with Crippen molar-refractivity contribution in [2.75, 3.05) is 6.61 Å². The summed E-state index contributed by atoms with van der Waals surface area (Å²) in [5.41, 5.74) is -0.687. The maximum absolute atomic E-state index is 13.9. The molecule has 1 aromatic carbocycles. The van der Waals surface area contributed by atoms with E-state index in [4.69, 9.17) is 16.3 Å². The number of rotatable bonds is 5. The van der Waals surface area contributed by atoms with Gasteiger partial charge in [-0.15, -0.1) is 0 Å². The van der Waals surface area contributed by atoms with Crippen LogP contribution in [0.15, 0.2) is 16.6 Å². The van der Waals surface area contributed by atoms with Crippen LogP contribution < -0.4 is 5.32 Å². The molecule has 1 aromatic rings. The Balaban J connectivity index is 2.79.